The zero-order chi connectivity index (χ0) is 11.0. The number of rotatable bonds is 6. The van der Waals surface area contributed by atoms with Gasteiger partial charge in [-0.2, -0.15) is 0 Å². The van der Waals surface area contributed by atoms with E-state index in [0.717, 1.165) is 12.8 Å². The van der Waals surface area contributed by atoms with Crippen LogP contribution >= 0.6 is 0 Å². The Hall–Kier alpha value is -1.06. The van der Waals surface area contributed by atoms with Gasteiger partial charge in [0.2, 0.25) is 6.29 Å². The van der Waals surface area contributed by atoms with E-state index >= 15 is 0 Å². The second kappa shape index (κ2) is 7.35. The van der Waals surface area contributed by atoms with Crippen LogP contribution in [0.25, 0.3) is 0 Å². The van der Waals surface area contributed by atoms with E-state index in [2.05, 4.69) is 5.32 Å². The molecule has 1 unspecified atom stereocenters. The maximum absolute atomic E-state index is 11.1. The number of carbonyl (C=O) groups excluding carboxylic acids is 2. The second-order valence-corrected chi connectivity index (χ2v) is 3.47. The van der Waals surface area contributed by atoms with Crippen molar-refractivity contribution in [2.24, 2.45) is 5.92 Å². The average molecular weight is 200 g/mol. The molecule has 1 atom stereocenters. The first-order valence-corrected chi connectivity index (χ1v) is 4.92. The van der Waals surface area contributed by atoms with Gasteiger partial charge in [-0.1, -0.05) is 27.2 Å². The standard InChI is InChI=1S/C10H18NO3/c1-4-5-6-14-10(13)11-9(7-12)8(2)3/h8-9H,4-6H2,1-3H3,(H,11,13). The van der Waals surface area contributed by atoms with E-state index in [-0.39, 0.29) is 5.92 Å². The lowest BCUT2D eigenvalue weighted by Crippen LogP contribution is -2.40. The minimum Gasteiger partial charge on any atom is -0.450 e. The summed E-state index contributed by atoms with van der Waals surface area (Å²) < 4.78 is 4.84. The molecule has 0 saturated carbocycles. The van der Waals surface area contributed by atoms with Crippen molar-refractivity contribution < 1.29 is 14.3 Å². The fourth-order valence-corrected chi connectivity index (χ4v) is 0.810. The van der Waals surface area contributed by atoms with Gasteiger partial charge < -0.3 is 10.1 Å². The van der Waals surface area contributed by atoms with E-state index in [1.807, 2.05) is 20.8 Å². The van der Waals surface area contributed by atoms with E-state index in [1.165, 1.54) is 0 Å². The maximum atomic E-state index is 11.1. The molecule has 4 nitrogen and oxygen atoms in total. The van der Waals surface area contributed by atoms with Gasteiger partial charge >= 0.3 is 6.09 Å². The summed E-state index contributed by atoms with van der Waals surface area (Å²) in [5.41, 5.74) is 0. The van der Waals surface area contributed by atoms with Gasteiger partial charge in [0.05, 0.1) is 6.61 Å². The highest BCUT2D eigenvalue weighted by atomic mass is 16.5. The second-order valence-electron chi connectivity index (χ2n) is 3.47. The highest BCUT2D eigenvalue weighted by molar-refractivity contribution is 5.73. The van der Waals surface area contributed by atoms with Gasteiger partial charge in [0.25, 0.3) is 0 Å². The minimum absolute atomic E-state index is 0.0335. The summed E-state index contributed by atoms with van der Waals surface area (Å²) in [7, 11) is 0. The zero-order valence-corrected chi connectivity index (χ0v) is 9.00. The van der Waals surface area contributed by atoms with Gasteiger partial charge in [-0.05, 0) is 12.3 Å². The van der Waals surface area contributed by atoms with Crippen LogP contribution in [0.1, 0.15) is 33.6 Å². The predicted octanol–water partition coefficient (Wildman–Crippen LogP) is 1.65. The number of alkyl carbamates (subject to hydrolysis) is 1. The first-order valence-electron chi connectivity index (χ1n) is 4.92. The van der Waals surface area contributed by atoms with Crippen LogP contribution in [0.4, 0.5) is 4.79 Å². The molecule has 1 amide bonds. The Morgan fingerprint density at radius 2 is 2.14 bits per heavy atom. The Morgan fingerprint density at radius 3 is 2.57 bits per heavy atom. The van der Waals surface area contributed by atoms with Crippen LogP contribution in [0.15, 0.2) is 0 Å². The van der Waals surface area contributed by atoms with Crippen LogP contribution in [0.5, 0.6) is 0 Å². The molecule has 0 saturated heterocycles. The van der Waals surface area contributed by atoms with Crippen LogP contribution in [0.3, 0.4) is 0 Å². The van der Waals surface area contributed by atoms with E-state index in [9.17, 15) is 9.59 Å². The molecule has 0 fully saturated rings. The fraction of sp³-hybridized carbons (Fsp3) is 0.800. The molecule has 0 heterocycles. The Labute approximate surface area is 85.0 Å². The summed E-state index contributed by atoms with van der Waals surface area (Å²) in [6.07, 6.45) is 3.03. The van der Waals surface area contributed by atoms with E-state index in [1.54, 1.807) is 6.29 Å². The number of ether oxygens (including phenoxy) is 1. The van der Waals surface area contributed by atoms with Crippen molar-refractivity contribution in [3.05, 3.63) is 0 Å². The Morgan fingerprint density at radius 1 is 1.50 bits per heavy atom. The summed E-state index contributed by atoms with van der Waals surface area (Å²) in [6.45, 7) is 6.08. The number of amides is 1. The van der Waals surface area contributed by atoms with Crippen LogP contribution in [0.2, 0.25) is 0 Å². The van der Waals surface area contributed by atoms with E-state index in [0.29, 0.717) is 6.61 Å². The molecule has 81 valence electrons. The van der Waals surface area contributed by atoms with Crippen molar-refractivity contribution >= 4 is 12.4 Å². The lowest BCUT2D eigenvalue weighted by Gasteiger charge is -2.14. The van der Waals surface area contributed by atoms with Crippen LogP contribution < -0.4 is 5.32 Å². The molecular weight excluding hydrogens is 182 g/mol. The van der Waals surface area contributed by atoms with Crippen molar-refractivity contribution in [1.29, 1.82) is 0 Å². The highest BCUT2D eigenvalue weighted by Crippen LogP contribution is 1.99. The fourth-order valence-electron chi connectivity index (χ4n) is 0.810. The van der Waals surface area contributed by atoms with Crippen molar-refractivity contribution in [2.75, 3.05) is 6.61 Å². The molecule has 0 rings (SSSR count). The summed E-state index contributed by atoms with van der Waals surface area (Å²) in [5.74, 6) is 0.0335. The molecule has 0 aromatic carbocycles. The summed E-state index contributed by atoms with van der Waals surface area (Å²) in [4.78, 5) is 21.5. The van der Waals surface area contributed by atoms with Gasteiger partial charge in [-0.25, -0.2) is 4.79 Å². The number of carbonyl (C=O) groups is 1. The first kappa shape index (κ1) is 12.9. The number of unbranched alkanes of at least 4 members (excludes halogenated alkanes) is 1. The molecule has 0 aliphatic carbocycles. The molecule has 4 heteroatoms. The van der Waals surface area contributed by atoms with Crippen LogP contribution in [-0.4, -0.2) is 25.0 Å². The third-order valence-electron chi connectivity index (χ3n) is 1.80. The monoisotopic (exact) mass is 200 g/mol. The topological polar surface area (TPSA) is 55.4 Å². The van der Waals surface area contributed by atoms with Gasteiger partial charge in [0.1, 0.15) is 6.04 Å². The molecule has 1 radical (unpaired) electrons. The van der Waals surface area contributed by atoms with Gasteiger partial charge in [-0.3, -0.25) is 4.79 Å². The van der Waals surface area contributed by atoms with Crippen molar-refractivity contribution in [1.82, 2.24) is 5.32 Å². The molecule has 0 aliphatic rings. The largest absolute Gasteiger partial charge is 0.450 e. The lowest BCUT2D eigenvalue weighted by atomic mass is 10.1. The summed E-state index contributed by atoms with van der Waals surface area (Å²) >= 11 is 0. The number of hydrogen-bond acceptors (Lipinski definition) is 3. The third kappa shape index (κ3) is 5.56. The molecule has 0 bridgehead atoms. The highest BCUT2D eigenvalue weighted by Gasteiger charge is 2.16. The van der Waals surface area contributed by atoms with Crippen LogP contribution in [-0.2, 0) is 9.53 Å². The molecule has 0 aliphatic heterocycles. The quantitative estimate of drug-likeness (QED) is 0.663. The van der Waals surface area contributed by atoms with Crippen molar-refractivity contribution in [3.63, 3.8) is 0 Å². The third-order valence-corrected chi connectivity index (χ3v) is 1.80. The Bertz CT molecular complexity index is 180. The summed E-state index contributed by atoms with van der Waals surface area (Å²) in [5, 5.41) is 2.44. The van der Waals surface area contributed by atoms with Gasteiger partial charge in [-0.15, -0.1) is 0 Å². The van der Waals surface area contributed by atoms with E-state index < -0.39 is 12.1 Å². The molecule has 1 N–H and O–H groups in total. The minimum atomic E-state index is -0.580. The average Bonchev–Trinajstić information content (AvgIpc) is 2.14. The summed E-state index contributed by atoms with van der Waals surface area (Å²) in [6, 6.07) is -0.580. The molecular formula is C10H18NO3. The van der Waals surface area contributed by atoms with E-state index in [4.69, 9.17) is 4.74 Å². The smallest absolute Gasteiger partial charge is 0.407 e. The number of nitrogens with one attached hydrogen (secondary N) is 1. The van der Waals surface area contributed by atoms with Gasteiger partial charge in [0.15, 0.2) is 0 Å². The Balaban J connectivity index is 3.73. The maximum Gasteiger partial charge on any atom is 0.407 e. The lowest BCUT2D eigenvalue weighted by molar-refractivity contribution is 0.141. The normalized spacial score (nSPS) is 12.3. The molecule has 14 heavy (non-hydrogen) atoms. The predicted molar refractivity (Wildman–Crippen MR) is 53.7 cm³/mol. The SMILES string of the molecule is CCCCOC(=O)NC([C]=O)C(C)C. The molecule has 0 spiro atoms. The van der Waals surface area contributed by atoms with Gasteiger partial charge in [0, 0.05) is 0 Å². The van der Waals surface area contributed by atoms with Crippen molar-refractivity contribution in [3.8, 4) is 0 Å². The molecule has 0 aromatic heterocycles. The molecule has 0 aromatic rings. The van der Waals surface area contributed by atoms with Crippen molar-refractivity contribution in [2.45, 2.75) is 39.7 Å². The zero-order valence-electron chi connectivity index (χ0n) is 9.00. The van der Waals surface area contributed by atoms with Crippen LogP contribution in [0, 0.1) is 5.92 Å². The number of hydrogen-bond donors (Lipinski definition) is 1. The first-order chi connectivity index (χ1) is 6.61. The Kier molecular flexibility index (Phi) is 6.80.